The van der Waals surface area contributed by atoms with E-state index in [0.717, 1.165) is 21.9 Å². The molecular formula is C26H27N2O6-. The van der Waals surface area contributed by atoms with Crippen molar-refractivity contribution in [1.82, 2.24) is 4.90 Å². The van der Waals surface area contributed by atoms with Crippen molar-refractivity contribution in [3.8, 4) is 5.75 Å². The predicted molar refractivity (Wildman–Crippen MR) is 124 cm³/mol. The Morgan fingerprint density at radius 1 is 1.00 bits per heavy atom. The van der Waals surface area contributed by atoms with E-state index in [-0.39, 0.29) is 31.8 Å². The van der Waals surface area contributed by atoms with Crippen LogP contribution < -0.4 is 15.6 Å². The van der Waals surface area contributed by atoms with Gasteiger partial charge in [0.2, 0.25) is 0 Å². The van der Waals surface area contributed by atoms with E-state index in [1.807, 2.05) is 42.5 Å². The lowest BCUT2D eigenvalue weighted by Gasteiger charge is -2.40. The average Bonchev–Trinajstić information content (AvgIpc) is 2.85. The lowest BCUT2D eigenvalue weighted by molar-refractivity contribution is -0.268. The van der Waals surface area contributed by atoms with Crippen LogP contribution in [0.4, 0.5) is 9.59 Å². The van der Waals surface area contributed by atoms with Crippen molar-refractivity contribution < 1.29 is 28.9 Å². The maximum absolute atomic E-state index is 11.5. The fraction of sp³-hybridized carbons (Fsp3) is 0.308. The Bertz CT molecular complexity index is 1150. The molecule has 2 unspecified atom stereocenters. The first kappa shape index (κ1) is 23.4. The van der Waals surface area contributed by atoms with Crippen LogP contribution in [0, 0.1) is 0 Å². The number of benzene rings is 3. The topological polar surface area (TPSA) is 114 Å². The third-order valence-corrected chi connectivity index (χ3v) is 5.98. The van der Waals surface area contributed by atoms with Gasteiger partial charge < -0.3 is 34.7 Å². The molecule has 3 aromatic rings. The van der Waals surface area contributed by atoms with E-state index in [4.69, 9.17) is 15.2 Å². The number of fused-ring (bicyclic) bond motifs is 1. The summed E-state index contributed by atoms with van der Waals surface area (Å²) >= 11 is 0. The zero-order valence-electron chi connectivity index (χ0n) is 18.7. The summed E-state index contributed by atoms with van der Waals surface area (Å²) in [4.78, 5) is 23.5. The highest BCUT2D eigenvalue weighted by atomic mass is 16.6. The minimum atomic E-state index is -1.19. The van der Waals surface area contributed by atoms with Gasteiger partial charge in [-0.05, 0) is 46.5 Å². The number of carboxylic acid groups (broad SMARTS) is 1. The molecule has 1 aliphatic heterocycles. The Labute approximate surface area is 197 Å². The third-order valence-electron chi connectivity index (χ3n) is 5.98. The van der Waals surface area contributed by atoms with Crippen LogP contribution in [0.1, 0.15) is 23.5 Å². The van der Waals surface area contributed by atoms with Crippen LogP contribution in [0.2, 0.25) is 0 Å². The Balaban J connectivity index is 1.46. The quantitative estimate of drug-likeness (QED) is 0.514. The second-order valence-corrected chi connectivity index (χ2v) is 8.23. The van der Waals surface area contributed by atoms with Crippen molar-refractivity contribution in [2.24, 2.45) is 5.73 Å². The van der Waals surface area contributed by atoms with Crippen LogP contribution in [0.25, 0.3) is 10.8 Å². The number of primary amides is 1. The third kappa shape index (κ3) is 5.96. The molecule has 4 rings (SSSR count). The summed E-state index contributed by atoms with van der Waals surface area (Å²) in [7, 11) is 0. The molecule has 1 saturated heterocycles. The number of amides is 2. The lowest BCUT2D eigenvalue weighted by Crippen LogP contribution is -2.51. The molecule has 0 saturated carbocycles. The number of carbonyl (C=O) groups is 2. The summed E-state index contributed by atoms with van der Waals surface area (Å²) in [5.74, 6) is 0.614. The summed E-state index contributed by atoms with van der Waals surface area (Å²) in [5, 5.41) is 13.8. The van der Waals surface area contributed by atoms with Crippen LogP contribution in [0.15, 0.2) is 66.7 Å². The molecule has 2 amide bonds. The Morgan fingerprint density at radius 3 is 2.62 bits per heavy atom. The summed E-state index contributed by atoms with van der Waals surface area (Å²) in [6, 6.07) is 21.9. The fourth-order valence-corrected chi connectivity index (χ4v) is 4.30. The molecule has 3 aromatic carbocycles. The molecule has 0 aromatic heterocycles. The Morgan fingerprint density at radius 2 is 1.82 bits per heavy atom. The van der Waals surface area contributed by atoms with Gasteiger partial charge in [0.05, 0.1) is 12.7 Å². The molecule has 0 radical (unpaired) electrons. The Kier molecular flexibility index (Phi) is 7.49. The monoisotopic (exact) mass is 463 g/mol. The van der Waals surface area contributed by atoms with Gasteiger partial charge in [0, 0.05) is 19.0 Å². The molecule has 1 aliphatic rings. The predicted octanol–water partition coefficient (Wildman–Crippen LogP) is 3.03. The number of nitrogens with zero attached hydrogens (tertiary/aromatic N) is 1. The number of hydrogen-bond donors (Lipinski definition) is 1. The summed E-state index contributed by atoms with van der Waals surface area (Å²) in [6.45, 7) is 1.21. The molecule has 34 heavy (non-hydrogen) atoms. The van der Waals surface area contributed by atoms with Crippen molar-refractivity contribution in [3.63, 3.8) is 0 Å². The van der Waals surface area contributed by atoms with Gasteiger partial charge in [-0.1, -0.05) is 48.5 Å². The van der Waals surface area contributed by atoms with Crippen LogP contribution in [0.5, 0.6) is 5.75 Å². The number of nitrogens with two attached hydrogens (primary N) is 1. The normalized spacial score (nSPS) is 17.9. The highest BCUT2D eigenvalue weighted by Crippen LogP contribution is 2.33. The fourth-order valence-electron chi connectivity index (χ4n) is 4.30. The average molecular weight is 464 g/mol. The zero-order chi connectivity index (χ0) is 23.9. The minimum Gasteiger partial charge on any atom is -0.530 e. The Hall–Kier alpha value is -3.78. The van der Waals surface area contributed by atoms with E-state index in [1.54, 1.807) is 0 Å². The van der Waals surface area contributed by atoms with Gasteiger partial charge in [0.1, 0.15) is 25.1 Å². The number of piperidine rings is 1. The van der Waals surface area contributed by atoms with Gasteiger partial charge >= 0.3 is 6.09 Å². The first-order valence-electron chi connectivity index (χ1n) is 11.2. The van der Waals surface area contributed by atoms with E-state index in [9.17, 15) is 14.7 Å². The molecule has 2 N–H and O–H groups in total. The van der Waals surface area contributed by atoms with Crippen LogP contribution in [0.3, 0.4) is 0 Å². The summed E-state index contributed by atoms with van der Waals surface area (Å²) in [6.07, 6.45) is -1.77. The van der Waals surface area contributed by atoms with Gasteiger partial charge in [-0.15, -0.1) is 0 Å². The molecule has 8 nitrogen and oxygen atoms in total. The minimum absolute atomic E-state index is 0.0125. The second kappa shape index (κ2) is 10.9. The molecule has 8 heteroatoms. The van der Waals surface area contributed by atoms with E-state index < -0.39 is 12.2 Å². The summed E-state index contributed by atoms with van der Waals surface area (Å²) < 4.78 is 16.6. The van der Waals surface area contributed by atoms with Gasteiger partial charge in [0.15, 0.2) is 0 Å². The van der Waals surface area contributed by atoms with Crippen molar-refractivity contribution >= 4 is 23.0 Å². The van der Waals surface area contributed by atoms with Crippen LogP contribution in [-0.4, -0.2) is 49.5 Å². The van der Waals surface area contributed by atoms with E-state index in [0.29, 0.717) is 25.3 Å². The zero-order valence-corrected chi connectivity index (χ0v) is 18.7. The first-order chi connectivity index (χ1) is 16.5. The van der Waals surface area contributed by atoms with E-state index >= 15 is 0 Å². The molecule has 1 fully saturated rings. The van der Waals surface area contributed by atoms with Crippen molar-refractivity contribution in [2.45, 2.75) is 25.0 Å². The number of ether oxygens (including phenoxy) is 3. The molecule has 0 spiro atoms. The van der Waals surface area contributed by atoms with Crippen molar-refractivity contribution in [1.29, 1.82) is 0 Å². The smallest absolute Gasteiger partial charge is 0.404 e. The first-order valence-corrected chi connectivity index (χ1v) is 11.2. The summed E-state index contributed by atoms with van der Waals surface area (Å²) in [5.41, 5.74) is 6.98. The van der Waals surface area contributed by atoms with Gasteiger partial charge in [-0.3, -0.25) is 0 Å². The standard InChI is InChI=1S/C26H28N2O6/c27-25(29)33-13-12-32-22-7-3-6-21(15-22)23-10-11-28(26(30)31)16-24(23)34-17-18-8-9-19-4-1-2-5-20(19)14-18/h1-9,14-15,23-24H,10-13,16-17H2,(H2,27,29)(H,30,31)/p-1. The highest BCUT2D eigenvalue weighted by molar-refractivity contribution is 5.82. The van der Waals surface area contributed by atoms with E-state index in [1.165, 1.54) is 4.90 Å². The van der Waals surface area contributed by atoms with Gasteiger partial charge in [-0.2, -0.15) is 0 Å². The van der Waals surface area contributed by atoms with Crippen LogP contribution >= 0.6 is 0 Å². The van der Waals surface area contributed by atoms with Crippen LogP contribution in [-0.2, 0) is 16.1 Å². The molecule has 1 heterocycles. The van der Waals surface area contributed by atoms with Crippen molar-refractivity contribution in [2.75, 3.05) is 26.3 Å². The molecule has 0 bridgehead atoms. The molecular weight excluding hydrogens is 436 g/mol. The number of likely N-dealkylation sites (tertiary alicyclic amines) is 1. The highest BCUT2D eigenvalue weighted by Gasteiger charge is 2.31. The molecule has 2 atom stereocenters. The molecule has 0 aliphatic carbocycles. The number of hydrogen-bond acceptors (Lipinski definition) is 6. The van der Waals surface area contributed by atoms with Gasteiger partial charge in [0.25, 0.3) is 0 Å². The number of carbonyl (C=O) groups excluding carboxylic acids is 2. The van der Waals surface area contributed by atoms with Gasteiger partial charge in [-0.25, -0.2) is 4.79 Å². The van der Waals surface area contributed by atoms with E-state index in [2.05, 4.69) is 29.0 Å². The molecule has 178 valence electrons. The SMILES string of the molecule is NC(=O)OCCOc1cccc(C2CCN(C(=O)[O-])CC2OCc2ccc3ccccc3c2)c1. The largest absolute Gasteiger partial charge is 0.530 e. The number of rotatable bonds is 8. The lowest BCUT2D eigenvalue weighted by atomic mass is 9.87. The van der Waals surface area contributed by atoms with Crippen molar-refractivity contribution in [3.05, 3.63) is 77.9 Å². The maximum atomic E-state index is 11.5. The maximum Gasteiger partial charge on any atom is 0.404 e. The second-order valence-electron chi connectivity index (χ2n) is 8.23.